The van der Waals surface area contributed by atoms with Crippen molar-refractivity contribution >= 4 is 0 Å². The molecule has 2 aliphatic carbocycles. The van der Waals surface area contributed by atoms with Crippen molar-refractivity contribution in [3.05, 3.63) is 0 Å². The Hall–Kier alpha value is -0.0800. The fourth-order valence-corrected chi connectivity index (χ4v) is 2.87. The summed E-state index contributed by atoms with van der Waals surface area (Å²) in [6, 6.07) is 1.00. The minimum atomic E-state index is 0.272. The van der Waals surface area contributed by atoms with Gasteiger partial charge in [-0.3, -0.25) is 0 Å². The summed E-state index contributed by atoms with van der Waals surface area (Å²) in [5, 5.41) is 12.4. The third-order valence-corrected chi connectivity index (χ3v) is 3.51. The highest BCUT2D eigenvalue weighted by Crippen LogP contribution is 2.44. The molecule has 0 unspecified atom stereocenters. The Morgan fingerprint density at radius 1 is 1.42 bits per heavy atom. The van der Waals surface area contributed by atoms with Gasteiger partial charge >= 0.3 is 0 Å². The van der Waals surface area contributed by atoms with Crippen LogP contribution in [0.3, 0.4) is 0 Å². The molecule has 12 heavy (non-hydrogen) atoms. The fourth-order valence-electron chi connectivity index (χ4n) is 2.87. The van der Waals surface area contributed by atoms with E-state index >= 15 is 0 Å². The lowest BCUT2D eigenvalue weighted by molar-refractivity contribution is 0.223. The Bertz CT molecular complexity index is 160. The smallest absolute Gasteiger partial charge is 0.0582 e. The highest BCUT2D eigenvalue weighted by Gasteiger charge is 2.39. The van der Waals surface area contributed by atoms with Gasteiger partial charge in [0.2, 0.25) is 0 Å². The van der Waals surface area contributed by atoms with E-state index in [1.54, 1.807) is 0 Å². The monoisotopic (exact) mass is 169 g/mol. The third kappa shape index (κ3) is 1.50. The second-order valence-corrected chi connectivity index (χ2v) is 4.53. The first-order valence-corrected chi connectivity index (χ1v) is 5.16. The van der Waals surface area contributed by atoms with Gasteiger partial charge in [-0.25, -0.2) is 0 Å². The summed E-state index contributed by atoms with van der Waals surface area (Å²) < 4.78 is 0. The van der Waals surface area contributed by atoms with Crippen LogP contribution in [0.2, 0.25) is 0 Å². The molecular formula is C10H19NO. The van der Waals surface area contributed by atoms with E-state index in [0.717, 1.165) is 11.8 Å². The van der Waals surface area contributed by atoms with Gasteiger partial charge in [-0.2, -0.15) is 0 Å². The molecule has 2 nitrogen and oxygen atoms in total. The van der Waals surface area contributed by atoms with E-state index in [4.69, 9.17) is 5.11 Å². The van der Waals surface area contributed by atoms with Crippen molar-refractivity contribution in [2.45, 2.75) is 44.7 Å². The standard InChI is InChI=1S/C10H19NO/c1-7(6-12)11-10-5-8-2-3-9(10)4-8/h7-12H,2-6H2,1H3/t7-,8+,9+,10-/m0/s1. The number of hydrogen-bond donors (Lipinski definition) is 2. The summed E-state index contributed by atoms with van der Waals surface area (Å²) in [5.74, 6) is 1.92. The van der Waals surface area contributed by atoms with Gasteiger partial charge in [-0.1, -0.05) is 6.42 Å². The van der Waals surface area contributed by atoms with Crippen molar-refractivity contribution in [2.24, 2.45) is 11.8 Å². The van der Waals surface area contributed by atoms with Gasteiger partial charge < -0.3 is 10.4 Å². The van der Waals surface area contributed by atoms with Crippen LogP contribution < -0.4 is 5.32 Å². The summed E-state index contributed by atoms with van der Waals surface area (Å²) in [6.45, 7) is 2.33. The SMILES string of the molecule is C[C@@H](CO)N[C@H]1C[C@@H]2CC[C@@H]1C2. The fraction of sp³-hybridized carbons (Fsp3) is 1.00. The number of nitrogens with one attached hydrogen (secondary N) is 1. The molecule has 0 aliphatic heterocycles. The van der Waals surface area contributed by atoms with E-state index < -0.39 is 0 Å². The number of aliphatic hydroxyl groups excluding tert-OH is 1. The highest BCUT2D eigenvalue weighted by molar-refractivity contribution is 4.94. The van der Waals surface area contributed by atoms with Gasteiger partial charge in [-0.05, 0) is 38.0 Å². The molecule has 4 atom stereocenters. The zero-order valence-corrected chi connectivity index (χ0v) is 7.79. The molecule has 0 aromatic rings. The van der Waals surface area contributed by atoms with Crippen molar-refractivity contribution < 1.29 is 5.11 Å². The zero-order valence-electron chi connectivity index (χ0n) is 7.79. The molecule has 2 bridgehead atoms. The summed E-state index contributed by atoms with van der Waals surface area (Å²) in [7, 11) is 0. The highest BCUT2D eigenvalue weighted by atomic mass is 16.3. The summed E-state index contributed by atoms with van der Waals surface area (Å²) in [6.07, 6.45) is 5.67. The molecule has 2 N–H and O–H groups in total. The summed E-state index contributed by atoms with van der Waals surface area (Å²) >= 11 is 0. The predicted molar refractivity (Wildman–Crippen MR) is 48.9 cm³/mol. The quantitative estimate of drug-likeness (QED) is 0.664. The van der Waals surface area contributed by atoms with Gasteiger partial charge in [0.05, 0.1) is 6.61 Å². The van der Waals surface area contributed by atoms with Crippen molar-refractivity contribution in [1.82, 2.24) is 5.32 Å². The van der Waals surface area contributed by atoms with Gasteiger partial charge in [0.1, 0.15) is 0 Å². The van der Waals surface area contributed by atoms with Crippen LogP contribution in [-0.2, 0) is 0 Å². The first-order valence-electron chi connectivity index (χ1n) is 5.16. The molecule has 2 heteroatoms. The first kappa shape index (κ1) is 8.52. The van der Waals surface area contributed by atoms with Crippen LogP contribution in [0.1, 0.15) is 32.6 Å². The third-order valence-electron chi connectivity index (χ3n) is 3.51. The van der Waals surface area contributed by atoms with E-state index in [2.05, 4.69) is 12.2 Å². The molecule has 2 rings (SSSR count). The molecule has 2 saturated carbocycles. The van der Waals surface area contributed by atoms with Gasteiger partial charge in [0.15, 0.2) is 0 Å². The maximum absolute atomic E-state index is 8.90. The van der Waals surface area contributed by atoms with Gasteiger partial charge in [0, 0.05) is 12.1 Å². The minimum Gasteiger partial charge on any atom is -0.395 e. The van der Waals surface area contributed by atoms with Crippen LogP contribution >= 0.6 is 0 Å². The topological polar surface area (TPSA) is 32.3 Å². The first-order chi connectivity index (χ1) is 5.79. The maximum Gasteiger partial charge on any atom is 0.0582 e. The van der Waals surface area contributed by atoms with Crippen molar-refractivity contribution in [1.29, 1.82) is 0 Å². The van der Waals surface area contributed by atoms with E-state index in [1.807, 2.05) is 0 Å². The van der Waals surface area contributed by atoms with Gasteiger partial charge in [-0.15, -0.1) is 0 Å². The lowest BCUT2D eigenvalue weighted by Gasteiger charge is -2.25. The van der Waals surface area contributed by atoms with Crippen molar-refractivity contribution in [3.63, 3.8) is 0 Å². The summed E-state index contributed by atoms with van der Waals surface area (Å²) in [5.41, 5.74) is 0. The molecule has 0 heterocycles. The molecule has 0 aromatic carbocycles. The van der Waals surface area contributed by atoms with Crippen molar-refractivity contribution in [2.75, 3.05) is 6.61 Å². The predicted octanol–water partition coefficient (Wildman–Crippen LogP) is 1.15. The van der Waals surface area contributed by atoms with E-state index in [-0.39, 0.29) is 12.6 Å². The van der Waals surface area contributed by atoms with Crippen LogP contribution in [0.15, 0.2) is 0 Å². The molecule has 2 fully saturated rings. The number of aliphatic hydroxyl groups is 1. The molecular weight excluding hydrogens is 150 g/mol. The van der Waals surface area contributed by atoms with E-state index in [1.165, 1.54) is 25.7 Å². The number of fused-ring (bicyclic) bond motifs is 2. The van der Waals surface area contributed by atoms with Crippen LogP contribution in [-0.4, -0.2) is 23.8 Å². The molecule has 0 radical (unpaired) electrons. The zero-order chi connectivity index (χ0) is 8.55. The Morgan fingerprint density at radius 2 is 2.25 bits per heavy atom. The van der Waals surface area contributed by atoms with Crippen LogP contribution in [0.5, 0.6) is 0 Å². The lowest BCUT2D eigenvalue weighted by atomic mass is 9.95. The Kier molecular flexibility index (Phi) is 2.37. The molecule has 0 amide bonds. The van der Waals surface area contributed by atoms with Crippen LogP contribution in [0.4, 0.5) is 0 Å². The second kappa shape index (κ2) is 3.35. The minimum absolute atomic E-state index is 0.272. The van der Waals surface area contributed by atoms with Crippen LogP contribution in [0, 0.1) is 11.8 Å². The van der Waals surface area contributed by atoms with Crippen molar-refractivity contribution in [3.8, 4) is 0 Å². The summed E-state index contributed by atoms with van der Waals surface area (Å²) in [4.78, 5) is 0. The molecule has 0 saturated heterocycles. The van der Waals surface area contributed by atoms with E-state index in [0.29, 0.717) is 6.04 Å². The average molecular weight is 169 g/mol. The molecule has 2 aliphatic rings. The molecule has 70 valence electrons. The van der Waals surface area contributed by atoms with Gasteiger partial charge in [0.25, 0.3) is 0 Å². The second-order valence-electron chi connectivity index (χ2n) is 4.53. The number of rotatable bonds is 3. The molecule has 0 spiro atoms. The normalized spacial score (nSPS) is 42.0. The lowest BCUT2D eigenvalue weighted by Crippen LogP contribution is -2.41. The maximum atomic E-state index is 8.90. The van der Waals surface area contributed by atoms with E-state index in [9.17, 15) is 0 Å². The molecule has 0 aromatic heterocycles. The Balaban J connectivity index is 1.82. The van der Waals surface area contributed by atoms with Crippen LogP contribution in [0.25, 0.3) is 0 Å². The Morgan fingerprint density at radius 3 is 2.75 bits per heavy atom. The number of hydrogen-bond acceptors (Lipinski definition) is 2. The average Bonchev–Trinajstić information content (AvgIpc) is 2.64. The Labute approximate surface area is 74.4 Å². The largest absolute Gasteiger partial charge is 0.395 e.